The van der Waals surface area contributed by atoms with Gasteiger partial charge in [0.25, 0.3) is 5.91 Å². The maximum absolute atomic E-state index is 11.7. The molecule has 0 aliphatic heterocycles. The third kappa shape index (κ3) is 3.46. The van der Waals surface area contributed by atoms with E-state index >= 15 is 0 Å². The molecule has 1 amide bonds. The molecule has 4 heteroatoms. The van der Waals surface area contributed by atoms with E-state index in [2.05, 4.69) is 0 Å². The van der Waals surface area contributed by atoms with Gasteiger partial charge in [-0.2, -0.15) is 0 Å². The Balaban J connectivity index is 2.47. The molecule has 0 heterocycles. The Morgan fingerprint density at radius 3 is 2.62 bits per heavy atom. The summed E-state index contributed by atoms with van der Waals surface area (Å²) in [5.74, 6) is 0.451. The van der Waals surface area contributed by atoms with Crippen molar-refractivity contribution in [2.45, 2.75) is 44.8 Å². The first-order chi connectivity index (χ1) is 7.56. The van der Waals surface area contributed by atoms with Gasteiger partial charge in [0.05, 0.1) is 6.10 Å². The average molecular weight is 228 g/mol. The number of carbonyl (C=O) groups is 1. The van der Waals surface area contributed by atoms with E-state index in [1.165, 1.54) is 12.8 Å². The molecular weight excluding hydrogens is 204 g/mol. The minimum absolute atomic E-state index is 0.0290. The van der Waals surface area contributed by atoms with Crippen LogP contribution in [0.2, 0.25) is 0 Å². The van der Waals surface area contributed by atoms with Gasteiger partial charge < -0.3 is 15.4 Å². The highest BCUT2D eigenvalue weighted by Crippen LogP contribution is 2.27. The number of hydrogen-bond donors (Lipinski definition) is 1. The molecule has 1 aliphatic rings. The lowest BCUT2D eigenvalue weighted by Gasteiger charge is -2.33. The minimum atomic E-state index is -0.354. The van der Waals surface area contributed by atoms with E-state index in [1.807, 2.05) is 6.92 Å². The third-order valence-electron chi connectivity index (χ3n) is 3.31. The lowest BCUT2D eigenvalue weighted by molar-refractivity contribution is -0.147. The molecule has 1 fully saturated rings. The van der Waals surface area contributed by atoms with Crippen LogP contribution >= 0.6 is 0 Å². The van der Waals surface area contributed by atoms with Crippen LogP contribution < -0.4 is 5.73 Å². The van der Waals surface area contributed by atoms with Gasteiger partial charge in [-0.25, -0.2) is 0 Å². The Hall–Kier alpha value is -0.610. The largest absolute Gasteiger partial charge is 0.365 e. The predicted molar refractivity (Wildman–Crippen MR) is 64.0 cm³/mol. The van der Waals surface area contributed by atoms with Gasteiger partial charge in [0.1, 0.15) is 6.10 Å². The predicted octanol–water partition coefficient (Wildman–Crippen LogP) is 0.997. The fourth-order valence-electron chi connectivity index (χ4n) is 2.31. The number of ether oxygens (including phenoxy) is 1. The Morgan fingerprint density at radius 1 is 1.44 bits per heavy atom. The molecule has 0 spiro atoms. The number of nitrogens with two attached hydrogens (primary N) is 1. The summed E-state index contributed by atoms with van der Waals surface area (Å²) >= 11 is 0. The van der Waals surface area contributed by atoms with Crippen LogP contribution in [0.25, 0.3) is 0 Å². The fraction of sp³-hybridized carbons (Fsp3) is 0.917. The first kappa shape index (κ1) is 13.5. The molecule has 0 saturated heterocycles. The number of likely N-dealkylation sites (N-methyl/N-ethyl adjacent to an activating group) is 1. The Kier molecular flexibility index (Phi) is 5.22. The lowest BCUT2D eigenvalue weighted by atomic mass is 9.86. The monoisotopic (exact) mass is 228 g/mol. The smallest absolute Gasteiger partial charge is 0.250 e. The zero-order valence-electron chi connectivity index (χ0n) is 10.6. The second-order valence-corrected chi connectivity index (χ2v) is 4.83. The molecule has 0 bridgehead atoms. The van der Waals surface area contributed by atoms with Crippen molar-refractivity contribution in [2.24, 2.45) is 11.7 Å². The molecule has 0 aromatic carbocycles. The summed E-state index contributed by atoms with van der Waals surface area (Å²) in [5.41, 5.74) is 5.73. The average Bonchev–Trinajstić information content (AvgIpc) is 2.28. The van der Waals surface area contributed by atoms with E-state index in [4.69, 9.17) is 10.5 Å². The maximum atomic E-state index is 11.7. The summed E-state index contributed by atoms with van der Waals surface area (Å²) < 4.78 is 5.85. The van der Waals surface area contributed by atoms with Crippen LogP contribution in [0.4, 0.5) is 0 Å². The quantitative estimate of drug-likeness (QED) is 0.781. The number of amides is 1. The summed E-state index contributed by atoms with van der Waals surface area (Å²) in [6, 6.07) is 0. The van der Waals surface area contributed by atoms with Gasteiger partial charge in [-0.1, -0.05) is 12.8 Å². The molecule has 2 N–H and O–H groups in total. The molecule has 94 valence electrons. The zero-order valence-corrected chi connectivity index (χ0v) is 10.6. The topological polar surface area (TPSA) is 55.6 Å². The van der Waals surface area contributed by atoms with Gasteiger partial charge in [-0.3, -0.25) is 4.79 Å². The summed E-state index contributed by atoms with van der Waals surface area (Å²) in [6.07, 6.45) is 4.39. The standard InChI is InChI=1S/C12H24N2O2/c1-9(12(15)14(2)3)16-11-7-5-4-6-10(11)8-13/h9-11H,4-8,13H2,1-3H3. The van der Waals surface area contributed by atoms with Crippen molar-refractivity contribution in [1.29, 1.82) is 0 Å². The molecule has 0 aromatic rings. The van der Waals surface area contributed by atoms with Crippen LogP contribution in [0.15, 0.2) is 0 Å². The zero-order chi connectivity index (χ0) is 12.1. The van der Waals surface area contributed by atoms with E-state index in [0.717, 1.165) is 12.8 Å². The molecular formula is C12H24N2O2. The van der Waals surface area contributed by atoms with Crippen molar-refractivity contribution in [3.63, 3.8) is 0 Å². The normalized spacial score (nSPS) is 27.5. The van der Waals surface area contributed by atoms with Crippen LogP contribution in [0.1, 0.15) is 32.6 Å². The highest BCUT2D eigenvalue weighted by Gasteiger charge is 2.28. The summed E-state index contributed by atoms with van der Waals surface area (Å²) in [6.45, 7) is 2.48. The molecule has 3 unspecified atom stereocenters. The molecule has 4 nitrogen and oxygen atoms in total. The third-order valence-corrected chi connectivity index (χ3v) is 3.31. The number of hydrogen-bond acceptors (Lipinski definition) is 3. The molecule has 0 aromatic heterocycles. The van der Waals surface area contributed by atoms with Crippen LogP contribution in [0.3, 0.4) is 0 Å². The second-order valence-electron chi connectivity index (χ2n) is 4.83. The molecule has 16 heavy (non-hydrogen) atoms. The van der Waals surface area contributed by atoms with Crippen molar-refractivity contribution in [3.8, 4) is 0 Å². The molecule has 3 atom stereocenters. The first-order valence-electron chi connectivity index (χ1n) is 6.13. The van der Waals surface area contributed by atoms with Gasteiger partial charge in [0, 0.05) is 14.1 Å². The molecule has 1 aliphatic carbocycles. The summed E-state index contributed by atoms with van der Waals surface area (Å²) in [7, 11) is 3.51. The fourth-order valence-corrected chi connectivity index (χ4v) is 2.31. The van der Waals surface area contributed by atoms with Crippen molar-refractivity contribution >= 4 is 5.91 Å². The van der Waals surface area contributed by atoms with Crippen molar-refractivity contribution in [2.75, 3.05) is 20.6 Å². The number of carbonyl (C=O) groups excluding carboxylic acids is 1. The molecule has 1 saturated carbocycles. The van der Waals surface area contributed by atoms with E-state index in [0.29, 0.717) is 12.5 Å². The van der Waals surface area contributed by atoms with E-state index in [-0.39, 0.29) is 18.1 Å². The van der Waals surface area contributed by atoms with E-state index in [9.17, 15) is 4.79 Å². The van der Waals surface area contributed by atoms with Crippen molar-refractivity contribution in [1.82, 2.24) is 4.90 Å². The van der Waals surface area contributed by atoms with Crippen LogP contribution in [0, 0.1) is 5.92 Å². The second kappa shape index (κ2) is 6.21. The maximum Gasteiger partial charge on any atom is 0.250 e. The van der Waals surface area contributed by atoms with Crippen molar-refractivity contribution < 1.29 is 9.53 Å². The Morgan fingerprint density at radius 2 is 2.06 bits per heavy atom. The van der Waals surface area contributed by atoms with Crippen LogP contribution in [0.5, 0.6) is 0 Å². The Labute approximate surface area is 98.1 Å². The highest BCUT2D eigenvalue weighted by atomic mass is 16.5. The summed E-state index contributed by atoms with van der Waals surface area (Å²) in [5, 5.41) is 0. The SMILES string of the molecule is CC(OC1CCCCC1CN)C(=O)N(C)C. The van der Waals surface area contributed by atoms with Crippen LogP contribution in [-0.4, -0.2) is 43.7 Å². The van der Waals surface area contributed by atoms with Gasteiger partial charge in [-0.05, 0) is 32.2 Å². The minimum Gasteiger partial charge on any atom is -0.365 e. The van der Waals surface area contributed by atoms with Gasteiger partial charge in [-0.15, -0.1) is 0 Å². The van der Waals surface area contributed by atoms with Crippen molar-refractivity contribution in [3.05, 3.63) is 0 Å². The molecule has 0 radical (unpaired) electrons. The number of nitrogens with zero attached hydrogens (tertiary/aromatic N) is 1. The van der Waals surface area contributed by atoms with Crippen LogP contribution in [-0.2, 0) is 9.53 Å². The lowest BCUT2D eigenvalue weighted by Crippen LogP contribution is -2.40. The van der Waals surface area contributed by atoms with Gasteiger partial charge in [0.2, 0.25) is 0 Å². The Bertz CT molecular complexity index is 231. The van der Waals surface area contributed by atoms with E-state index in [1.54, 1.807) is 19.0 Å². The summed E-state index contributed by atoms with van der Waals surface area (Å²) in [4.78, 5) is 13.3. The van der Waals surface area contributed by atoms with Gasteiger partial charge in [0.15, 0.2) is 0 Å². The molecule has 1 rings (SSSR count). The van der Waals surface area contributed by atoms with Gasteiger partial charge >= 0.3 is 0 Å². The highest BCUT2D eigenvalue weighted by molar-refractivity contribution is 5.79. The first-order valence-corrected chi connectivity index (χ1v) is 6.13. The number of rotatable bonds is 4. The van der Waals surface area contributed by atoms with E-state index < -0.39 is 0 Å².